The van der Waals surface area contributed by atoms with E-state index in [-0.39, 0.29) is 17.4 Å². The van der Waals surface area contributed by atoms with Crippen LogP contribution in [-0.2, 0) is 4.79 Å². The standard InChI is InChI=1S/C19H21FN2O2/c1-12(2)17(19(24)21-14-8-6-7-13(3)11-14)22-18(23)15-9-4-5-10-16(15)20/h4-12,17H,1-3H3,(H,21,24)(H,22,23). The van der Waals surface area contributed by atoms with Crippen molar-refractivity contribution in [3.05, 3.63) is 65.5 Å². The van der Waals surface area contributed by atoms with Gasteiger partial charge in [0, 0.05) is 5.69 Å². The van der Waals surface area contributed by atoms with Crippen LogP contribution in [0.1, 0.15) is 29.8 Å². The average molecular weight is 328 g/mol. The molecule has 0 aliphatic rings. The van der Waals surface area contributed by atoms with E-state index in [1.807, 2.05) is 39.0 Å². The summed E-state index contributed by atoms with van der Waals surface area (Å²) in [5.41, 5.74) is 1.60. The Hall–Kier alpha value is -2.69. The van der Waals surface area contributed by atoms with Crippen molar-refractivity contribution in [1.29, 1.82) is 0 Å². The maximum atomic E-state index is 13.7. The SMILES string of the molecule is Cc1cccc(NC(=O)C(NC(=O)c2ccccc2F)C(C)C)c1. The van der Waals surface area contributed by atoms with Crippen molar-refractivity contribution in [2.45, 2.75) is 26.8 Å². The monoisotopic (exact) mass is 328 g/mol. The molecule has 1 atom stereocenters. The number of carbonyl (C=O) groups excluding carboxylic acids is 2. The smallest absolute Gasteiger partial charge is 0.254 e. The van der Waals surface area contributed by atoms with E-state index in [9.17, 15) is 14.0 Å². The molecule has 0 heterocycles. The molecule has 0 spiro atoms. The predicted octanol–water partition coefficient (Wildman–Crippen LogP) is 3.53. The van der Waals surface area contributed by atoms with Gasteiger partial charge in [-0.2, -0.15) is 0 Å². The zero-order chi connectivity index (χ0) is 17.7. The molecule has 2 aromatic carbocycles. The highest BCUT2D eigenvalue weighted by Crippen LogP contribution is 2.13. The first-order valence-electron chi connectivity index (χ1n) is 7.81. The minimum absolute atomic E-state index is 0.0773. The minimum Gasteiger partial charge on any atom is -0.340 e. The molecule has 0 aliphatic carbocycles. The van der Waals surface area contributed by atoms with E-state index in [0.29, 0.717) is 5.69 Å². The van der Waals surface area contributed by atoms with Crippen molar-refractivity contribution in [3.63, 3.8) is 0 Å². The third-order valence-electron chi connectivity index (χ3n) is 3.64. The number of hydrogen-bond donors (Lipinski definition) is 2. The lowest BCUT2D eigenvalue weighted by Crippen LogP contribution is -2.47. The lowest BCUT2D eigenvalue weighted by Gasteiger charge is -2.22. The molecule has 5 heteroatoms. The summed E-state index contributed by atoms with van der Waals surface area (Å²) in [4.78, 5) is 24.8. The van der Waals surface area contributed by atoms with Crippen molar-refractivity contribution in [1.82, 2.24) is 5.32 Å². The van der Waals surface area contributed by atoms with Crippen LogP contribution in [0, 0.1) is 18.7 Å². The van der Waals surface area contributed by atoms with E-state index in [0.717, 1.165) is 5.56 Å². The lowest BCUT2D eigenvalue weighted by molar-refractivity contribution is -0.118. The molecule has 0 fully saturated rings. The van der Waals surface area contributed by atoms with Gasteiger partial charge in [0.05, 0.1) is 5.56 Å². The van der Waals surface area contributed by atoms with Crippen LogP contribution in [-0.4, -0.2) is 17.9 Å². The quantitative estimate of drug-likeness (QED) is 0.882. The number of amides is 2. The Morgan fingerprint density at radius 2 is 1.75 bits per heavy atom. The fourth-order valence-corrected chi connectivity index (χ4v) is 2.34. The van der Waals surface area contributed by atoms with Crippen molar-refractivity contribution in [3.8, 4) is 0 Å². The maximum Gasteiger partial charge on any atom is 0.254 e. The van der Waals surface area contributed by atoms with Crippen LogP contribution < -0.4 is 10.6 Å². The summed E-state index contributed by atoms with van der Waals surface area (Å²) in [5.74, 6) is -1.70. The van der Waals surface area contributed by atoms with Crippen molar-refractivity contribution >= 4 is 17.5 Å². The molecule has 0 saturated carbocycles. The zero-order valence-corrected chi connectivity index (χ0v) is 14.0. The van der Waals surface area contributed by atoms with Gasteiger partial charge in [-0.3, -0.25) is 9.59 Å². The maximum absolute atomic E-state index is 13.7. The third kappa shape index (κ3) is 4.41. The van der Waals surface area contributed by atoms with Gasteiger partial charge in [-0.05, 0) is 42.7 Å². The Morgan fingerprint density at radius 1 is 1.04 bits per heavy atom. The molecule has 0 saturated heterocycles. The van der Waals surface area contributed by atoms with Gasteiger partial charge in [0.15, 0.2) is 0 Å². The third-order valence-corrected chi connectivity index (χ3v) is 3.64. The second kappa shape index (κ2) is 7.73. The van der Waals surface area contributed by atoms with Crippen molar-refractivity contribution in [2.24, 2.45) is 5.92 Å². The number of anilines is 1. The van der Waals surface area contributed by atoms with Crippen LogP contribution in [0.15, 0.2) is 48.5 Å². The highest BCUT2D eigenvalue weighted by atomic mass is 19.1. The van der Waals surface area contributed by atoms with Crippen LogP contribution in [0.3, 0.4) is 0 Å². The summed E-state index contributed by atoms with van der Waals surface area (Å²) < 4.78 is 13.7. The number of benzene rings is 2. The molecule has 0 aromatic heterocycles. The fraction of sp³-hybridized carbons (Fsp3) is 0.263. The van der Waals surface area contributed by atoms with E-state index in [1.54, 1.807) is 12.1 Å². The van der Waals surface area contributed by atoms with Gasteiger partial charge in [-0.25, -0.2) is 4.39 Å². The van der Waals surface area contributed by atoms with Crippen LogP contribution in [0.5, 0.6) is 0 Å². The predicted molar refractivity (Wildman–Crippen MR) is 92.3 cm³/mol. The number of carbonyl (C=O) groups is 2. The first-order chi connectivity index (χ1) is 11.4. The summed E-state index contributed by atoms with van der Waals surface area (Å²) in [6.07, 6.45) is 0. The van der Waals surface area contributed by atoms with Crippen LogP contribution in [0.4, 0.5) is 10.1 Å². The number of nitrogens with one attached hydrogen (secondary N) is 2. The fourth-order valence-electron chi connectivity index (χ4n) is 2.34. The largest absolute Gasteiger partial charge is 0.340 e. The first-order valence-corrected chi connectivity index (χ1v) is 7.81. The Kier molecular flexibility index (Phi) is 5.68. The molecule has 24 heavy (non-hydrogen) atoms. The zero-order valence-electron chi connectivity index (χ0n) is 14.0. The van der Waals surface area contributed by atoms with E-state index < -0.39 is 17.8 Å². The van der Waals surface area contributed by atoms with E-state index in [4.69, 9.17) is 0 Å². The highest BCUT2D eigenvalue weighted by molar-refractivity contribution is 6.01. The highest BCUT2D eigenvalue weighted by Gasteiger charge is 2.25. The topological polar surface area (TPSA) is 58.2 Å². The van der Waals surface area contributed by atoms with Crippen LogP contribution in [0.25, 0.3) is 0 Å². The molecule has 0 radical (unpaired) electrons. The molecule has 2 N–H and O–H groups in total. The van der Waals surface area contributed by atoms with Crippen LogP contribution in [0.2, 0.25) is 0 Å². The van der Waals surface area contributed by atoms with Gasteiger partial charge >= 0.3 is 0 Å². The van der Waals surface area contributed by atoms with Crippen LogP contribution >= 0.6 is 0 Å². The van der Waals surface area contributed by atoms with Gasteiger partial charge in [0.1, 0.15) is 11.9 Å². The van der Waals surface area contributed by atoms with Gasteiger partial charge in [0.25, 0.3) is 5.91 Å². The molecule has 126 valence electrons. The molecular weight excluding hydrogens is 307 g/mol. The summed E-state index contributed by atoms with van der Waals surface area (Å²) in [6, 6.07) is 12.3. The summed E-state index contributed by atoms with van der Waals surface area (Å²) in [7, 11) is 0. The molecule has 2 aromatic rings. The van der Waals surface area contributed by atoms with Gasteiger partial charge in [-0.1, -0.05) is 38.1 Å². The Bertz CT molecular complexity index is 744. The lowest BCUT2D eigenvalue weighted by atomic mass is 10.0. The van der Waals surface area contributed by atoms with Crippen molar-refractivity contribution in [2.75, 3.05) is 5.32 Å². The first kappa shape index (κ1) is 17.7. The van der Waals surface area contributed by atoms with Gasteiger partial charge < -0.3 is 10.6 Å². The number of hydrogen-bond acceptors (Lipinski definition) is 2. The summed E-state index contributed by atoms with van der Waals surface area (Å²) in [6.45, 7) is 5.57. The molecule has 4 nitrogen and oxygen atoms in total. The number of aryl methyl sites for hydroxylation is 1. The number of rotatable bonds is 5. The molecule has 0 bridgehead atoms. The van der Waals surface area contributed by atoms with Gasteiger partial charge in [0.2, 0.25) is 5.91 Å². The molecule has 0 aliphatic heterocycles. The normalized spacial score (nSPS) is 11.9. The average Bonchev–Trinajstić information content (AvgIpc) is 2.52. The van der Waals surface area contributed by atoms with E-state index >= 15 is 0 Å². The Balaban J connectivity index is 2.13. The summed E-state index contributed by atoms with van der Waals surface area (Å²) >= 11 is 0. The molecular formula is C19H21FN2O2. The minimum atomic E-state index is -0.766. The molecule has 2 rings (SSSR count). The Morgan fingerprint density at radius 3 is 2.38 bits per heavy atom. The second-order valence-electron chi connectivity index (χ2n) is 6.03. The molecule has 1 unspecified atom stereocenters. The molecule has 2 amide bonds. The van der Waals surface area contributed by atoms with Gasteiger partial charge in [-0.15, -0.1) is 0 Å². The van der Waals surface area contributed by atoms with E-state index in [1.165, 1.54) is 18.2 Å². The Labute approximate surface area is 141 Å². The number of halogens is 1. The van der Waals surface area contributed by atoms with E-state index in [2.05, 4.69) is 10.6 Å². The summed E-state index contributed by atoms with van der Waals surface area (Å²) in [5, 5.41) is 5.41. The second-order valence-corrected chi connectivity index (χ2v) is 6.03. The van der Waals surface area contributed by atoms with Crippen molar-refractivity contribution < 1.29 is 14.0 Å².